The fourth-order valence-corrected chi connectivity index (χ4v) is 3.34. The molecule has 0 amide bonds. The van der Waals surface area contributed by atoms with E-state index in [1.807, 2.05) is 66.7 Å². The summed E-state index contributed by atoms with van der Waals surface area (Å²) in [5.74, 6) is 0. The van der Waals surface area contributed by atoms with Gasteiger partial charge in [-0.3, -0.25) is 0 Å². The lowest BCUT2D eigenvalue weighted by Crippen LogP contribution is -2.23. The van der Waals surface area contributed by atoms with Crippen molar-refractivity contribution in [2.45, 2.75) is 0 Å². The van der Waals surface area contributed by atoms with Crippen LogP contribution in [0.1, 0.15) is 0 Å². The van der Waals surface area contributed by atoms with Crippen LogP contribution < -0.4 is 10.9 Å². The van der Waals surface area contributed by atoms with Gasteiger partial charge in [-0.15, -0.1) is 0 Å². The molecule has 0 spiro atoms. The molecule has 0 unspecified atom stereocenters. The second-order valence-corrected chi connectivity index (χ2v) is 6.27. The molecule has 0 saturated heterocycles. The first-order valence-corrected chi connectivity index (χ1v) is 8.64. The first-order valence-electron chi connectivity index (χ1n) is 8.64. The minimum atomic E-state index is 0.708. The molecule has 0 aliphatic carbocycles. The van der Waals surface area contributed by atoms with Crippen LogP contribution >= 0.6 is 0 Å². The third-order valence-electron chi connectivity index (χ3n) is 4.64. The zero-order valence-corrected chi connectivity index (χ0v) is 14.4. The molecule has 4 rings (SSSR count). The number of hydrogen-bond donors (Lipinski definition) is 0. The Morgan fingerprint density at radius 3 is 1.15 bits per heavy atom. The lowest BCUT2D eigenvalue weighted by Gasteiger charge is -2.20. The Morgan fingerprint density at radius 2 is 0.769 bits per heavy atom. The third kappa shape index (κ3) is 2.99. The van der Waals surface area contributed by atoms with Crippen molar-refractivity contribution in [1.29, 1.82) is 0 Å². The standard InChI is InChI=1S/C24H16B2/c25-23-20(17-10-4-1-5-11-17)16-21(18-12-6-2-7-13-18)24(26)22(23)19-14-8-3-9-15-19/h1-16H. The maximum atomic E-state index is 6.62. The average Bonchev–Trinajstić information content (AvgIpc) is 2.70. The zero-order valence-electron chi connectivity index (χ0n) is 14.4. The van der Waals surface area contributed by atoms with E-state index in [1.54, 1.807) is 0 Å². The van der Waals surface area contributed by atoms with E-state index in [2.05, 4.69) is 30.3 Å². The molecule has 118 valence electrons. The number of hydrogen-bond acceptors (Lipinski definition) is 0. The van der Waals surface area contributed by atoms with E-state index in [0.29, 0.717) is 10.9 Å². The van der Waals surface area contributed by atoms with Crippen molar-refractivity contribution < 1.29 is 0 Å². The summed E-state index contributed by atoms with van der Waals surface area (Å²) in [6, 6.07) is 32.6. The van der Waals surface area contributed by atoms with Gasteiger partial charge in [0.1, 0.15) is 15.7 Å². The lowest BCUT2D eigenvalue weighted by molar-refractivity contribution is 1.61. The number of rotatable bonds is 3. The molecule has 0 N–H and O–H groups in total. The quantitative estimate of drug-likeness (QED) is 0.493. The third-order valence-corrected chi connectivity index (χ3v) is 4.64. The molecule has 0 bridgehead atoms. The molecule has 2 heteroatoms. The van der Waals surface area contributed by atoms with Crippen molar-refractivity contribution in [2.24, 2.45) is 0 Å². The highest BCUT2D eigenvalue weighted by Crippen LogP contribution is 2.28. The molecule has 0 aliphatic rings. The van der Waals surface area contributed by atoms with Crippen molar-refractivity contribution in [3.05, 3.63) is 97.1 Å². The maximum Gasteiger partial charge on any atom is 0.115 e. The summed E-state index contributed by atoms with van der Waals surface area (Å²) in [5, 5.41) is 0. The summed E-state index contributed by atoms with van der Waals surface area (Å²) in [6.07, 6.45) is 0. The molecule has 0 saturated carbocycles. The molecule has 4 radical (unpaired) electrons. The highest BCUT2D eigenvalue weighted by Gasteiger charge is 2.15. The molecular weight excluding hydrogens is 310 g/mol. The van der Waals surface area contributed by atoms with Gasteiger partial charge in [-0.2, -0.15) is 0 Å². The Kier molecular flexibility index (Phi) is 4.49. The van der Waals surface area contributed by atoms with Crippen LogP contribution in [0.25, 0.3) is 33.4 Å². The smallest absolute Gasteiger partial charge is 0.0818 e. The van der Waals surface area contributed by atoms with Gasteiger partial charge in [0.15, 0.2) is 0 Å². The Labute approximate surface area is 157 Å². The molecule has 4 aromatic carbocycles. The predicted molar refractivity (Wildman–Crippen MR) is 114 cm³/mol. The minimum absolute atomic E-state index is 0.708. The van der Waals surface area contributed by atoms with Crippen LogP contribution in [0.4, 0.5) is 0 Å². The minimum Gasteiger partial charge on any atom is -0.0818 e. The highest BCUT2D eigenvalue weighted by molar-refractivity contribution is 6.48. The normalized spacial score (nSPS) is 10.6. The molecule has 0 atom stereocenters. The van der Waals surface area contributed by atoms with Crippen LogP contribution in [0.15, 0.2) is 97.1 Å². The van der Waals surface area contributed by atoms with Crippen LogP contribution in [0.2, 0.25) is 0 Å². The van der Waals surface area contributed by atoms with Gasteiger partial charge in [0.05, 0.1) is 0 Å². The Morgan fingerprint density at radius 1 is 0.423 bits per heavy atom. The van der Waals surface area contributed by atoms with Gasteiger partial charge in [0.25, 0.3) is 0 Å². The van der Waals surface area contributed by atoms with E-state index in [9.17, 15) is 0 Å². The Hall–Kier alpha value is -2.99. The molecule has 0 nitrogen and oxygen atoms in total. The summed E-state index contributed by atoms with van der Waals surface area (Å²) >= 11 is 0. The average molecular weight is 326 g/mol. The zero-order chi connectivity index (χ0) is 17.9. The van der Waals surface area contributed by atoms with Crippen molar-refractivity contribution in [1.82, 2.24) is 0 Å². The highest BCUT2D eigenvalue weighted by atomic mass is 14.2. The molecule has 0 heterocycles. The summed E-state index contributed by atoms with van der Waals surface area (Å²) in [7, 11) is 13.2. The molecule has 0 aromatic heterocycles. The predicted octanol–water partition coefficient (Wildman–Crippen LogP) is 4.28. The SMILES string of the molecule is [B]c1c(-c2ccccc2)cc(-c2ccccc2)c([B])c1-c1ccccc1. The first kappa shape index (κ1) is 16.5. The van der Waals surface area contributed by atoms with Crippen molar-refractivity contribution in [3.63, 3.8) is 0 Å². The Balaban J connectivity index is 2.05. The lowest BCUT2D eigenvalue weighted by atomic mass is 9.71. The summed E-state index contributed by atoms with van der Waals surface area (Å²) in [4.78, 5) is 0. The topological polar surface area (TPSA) is 0 Å². The van der Waals surface area contributed by atoms with E-state index in [1.165, 1.54) is 0 Å². The van der Waals surface area contributed by atoms with Crippen LogP contribution in [0.5, 0.6) is 0 Å². The second kappa shape index (κ2) is 7.09. The van der Waals surface area contributed by atoms with Crippen molar-refractivity contribution >= 4 is 26.6 Å². The van der Waals surface area contributed by atoms with Crippen LogP contribution in [-0.2, 0) is 0 Å². The second-order valence-electron chi connectivity index (χ2n) is 6.27. The van der Waals surface area contributed by atoms with Gasteiger partial charge in [-0.05, 0) is 39.4 Å². The molecule has 0 aliphatic heterocycles. The van der Waals surface area contributed by atoms with E-state index in [-0.39, 0.29) is 0 Å². The number of benzene rings is 4. The monoisotopic (exact) mass is 326 g/mol. The fourth-order valence-electron chi connectivity index (χ4n) is 3.34. The van der Waals surface area contributed by atoms with Crippen LogP contribution in [0.3, 0.4) is 0 Å². The van der Waals surface area contributed by atoms with E-state index < -0.39 is 0 Å². The Bertz CT molecular complexity index is 960. The summed E-state index contributed by atoms with van der Waals surface area (Å²) in [6.45, 7) is 0. The van der Waals surface area contributed by atoms with Crippen molar-refractivity contribution in [2.75, 3.05) is 0 Å². The van der Waals surface area contributed by atoms with Gasteiger partial charge in [-0.25, -0.2) is 0 Å². The molecule has 26 heavy (non-hydrogen) atoms. The van der Waals surface area contributed by atoms with Gasteiger partial charge in [-0.1, -0.05) is 102 Å². The first-order chi connectivity index (χ1) is 12.8. The maximum absolute atomic E-state index is 6.62. The van der Waals surface area contributed by atoms with Crippen LogP contribution in [0, 0.1) is 0 Å². The van der Waals surface area contributed by atoms with Crippen LogP contribution in [-0.4, -0.2) is 15.7 Å². The van der Waals surface area contributed by atoms with Gasteiger partial charge < -0.3 is 0 Å². The van der Waals surface area contributed by atoms with E-state index >= 15 is 0 Å². The molecule has 0 fully saturated rings. The van der Waals surface area contributed by atoms with Crippen molar-refractivity contribution in [3.8, 4) is 33.4 Å². The van der Waals surface area contributed by atoms with Gasteiger partial charge in [0.2, 0.25) is 0 Å². The largest absolute Gasteiger partial charge is 0.115 e. The van der Waals surface area contributed by atoms with Gasteiger partial charge >= 0.3 is 0 Å². The van der Waals surface area contributed by atoms with E-state index in [4.69, 9.17) is 15.7 Å². The summed E-state index contributed by atoms with van der Waals surface area (Å²) < 4.78 is 0. The van der Waals surface area contributed by atoms with Gasteiger partial charge in [0, 0.05) is 0 Å². The molecule has 4 aromatic rings. The van der Waals surface area contributed by atoms with E-state index in [0.717, 1.165) is 33.4 Å². The summed E-state index contributed by atoms with van der Waals surface area (Å²) in [5.41, 5.74) is 7.50. The molecular formula is C24H16B2. The fraction of sp³-hybridized carbons (Fsp3) is 0.